The van der Waals surface area contributed by atoms with Gasteiger partial charge in [-0.05, 0) is 17.7 Å². The molecule has 0 saturated heterocycles. The average molecular weight is 317 g/mol. The molecule has 120 valence electrons. The second kappa shape index (κ2) is 7.42. The SMILES string of the molecule is C=CCN(Cc1ccccc1)C(=O)c1cnn(-c2ccccc2)c1. The van der Waals surface area contributed by atoms with E-state index in [4.69, 9.17) is 0 Å². The van der Waals surface area contributed by atoms with Gasteiger partial charge in [0.15, 0.2) is 0 Å². The van der Waals surface area contributed by atoms with Crippen LogP contribution >= 0.6 is 0 Å². The predicted octanol–water partition coefficient (Wildman–Crippen LogP) is 3.70. The first-order chi connectivity index (χ1) is 11.8. The molecule has 0 aliphatic carbocycles. The minimum atomic E-state index is -0.0547. The number of hydrogen-bond acceptors (Lipinski definition) is 2. The molecule has 2 aromatic carbocycles. The highest BCUT2D eigenvalue weighted by molar-refractivity contribution is 5.93. The second-order valence-electron chi connectivity index (χ2n) is 5.47. The molecule has 3 aromatic rings. The van der Waals surface area contributed by atoms with Crippen molar-refractivity contribution in [3.8, 4) is 5.69 Å². The molecule has 0 bridgehead atoms. The first-order valence-electron chi connectivity index (χ1n) is 7.82. The van der Waals surface area contributed by atoms with Gasteiger partial charge in [0, 0.05) is 19.3 Å². The summed E-state index contributed by atoms with van der Waals surface area (Å²) in [6, 6.07) is 19.7. The molecular weight excluding hydrogens is 298 g/mol. The summed E-state index contributed by atoms with van der Waals surface area (Å²) in [4.78, 5) is 14.6. The Morgan fingerprint density at radius 1 is 1.08 bits per heavy atom. The Kier molecular flexibility index (Phi) is 4.87. The van der Waals surface area contributed by atoms with Gasteiger partial charge in [0.25, 0.3) is 5.91 Å². The Hall–Kier alpha value is -3.14. The largest absolute Gasteiger partial charge is 0.331 e. The Bertz CT molecular complexity index is 809. The van der Waals surface area contributed by atoms with E-state index in [1.54, 1.807) is 28.1 Å². The van der Waals surface area contributed by atoms with Gasteiger partial charge in [0.1, 0.15) is 0 Å². The maximum atomic E-state index is 12.8. The lowest BCUT2D eigenvalue weighted by Crippen LogP contribution is -2.30. The smallest absolute Gasteiger partial charge is 0.257 e. The number of amides is 1. The van der Waals surface area contributed by atoms with Crippen LogP contribution in [0.4, 0.5) is 0 Å². The van der Waals surface area contributed by atoms with E-state index in [0.29, 0.717) is 18.7 Å². The first-order valence-corrected chi connectivity index (χ1v) is 7.82. The van der Waals surface area contributed by atoms with Crippen LogP contribution in [0.25, 0.3) is 5.69 Å². The Labute approximate surface area is 141 Å². The van der Waals surface area contributed by atoms with E-state index in [0.717, 1.165) is 11.3 Å². The maximum absolute atomic E-state index is 12.8. The summed E-state index contributed by atoms with van der Waals surface area (Å²) in [6.45, 7) is 4.79. The normalized spacial score (nSPS) is 10.3. The summed E-state index contributed by atoms with van der Waals surface area (Å²) in [5, 5.41) is 4.30. The highest BCUT2D eigenvalue weighted by Crippen LogP contribution is 2.12. The quantitative estimate of drug-likeness (QED) is 0.650. The number of rotatable bonds is 6. The van der Waals surface area contributed by atoms with Gasteiger partial charge in [0.05, 0.1) is 17.4 Å². The summed E-state index contributed by atoms with van der Waals surface area (Å²) in [6.07, 6.45) is 5.11. The molecule has 0 unspecified atom stereocenters. The van der Waals surface area contributed by atoms with E-state index < -0.39 is 0 Å². The molecule has 4 heteroatoms. The lowest BCUT2D eigenvalue weighted by molar-refractivity contribution is 0.0762. The number of hydrogen-bond donors (Lipinski definition) is 0. The fraction of sp³-hybridized carbons (Fsp3) is 0.100. The molecule has 0 N–H and O–H groups in total. The van der Waals surface area contributed by atoms with Gasteiger partial charge in [-0.25, -0.2) is 4.68 Å². The van der Waals surface area contributed by atoms with Crippen molar-refractivity contribution in [3.05, 3.63) is 96.8 Å². The zero-order valence-corrected chi connectivity index (χ0v) is 13.4. The number of aromatic nitrogens is 2. The van der Waals surface area contributed by atoms with Crippen LogP contribution in [0.15, 0.2) is 85.7 Å². The average Bonchev–Trinajstić information content (AvgIpc) is 3.12. The van der Waals surface area contributed by atoms with Crippen LogP contribution in [0.3, 0.4) is 0 Å². The molecule has 0 aliphatic rings. The molecule has 0 aliphatic heterocycles. The summed E-state index contributed by atoms with van der Waals surface area (Å²) >= 11 is 0. The summed E-state index contributed by atoms with van der Waals surface area (Å²) in [5.41, 5.74) is 2.58. The van der Waals surface area contributed by atoms with Gasteiger partial charge >= 0.3 is 0 Å². The zero-order chi connectivity index (χ0) is 16.8. The molecule has 0 saturated carbocycles. The fourth-order valence-corrected chi connectivity index (χ4v) is 2.52. The molecule has 3 rings (SSSR count). The second-order valence-corrected chi connectivity index (χ2v) is 5.47. The predicted molar refractivity (Wildman–Crippen MR) is 94.9 cm³/mol. The molecule has 1 aromatic heterocycles. The van der Waals surface area contributed by atoms with E-state index in [2.05, 4.69) is 11.7 Å². The molecule has 24 heavy (non-hydrogen) atoms. The monoisotopic (exact) mass is 317 g/mol. The first kappa shape index (κ1) is 15.7. The minimum Gasteiger partial charge on any atom is -0.331 e. The maximum Gasteiger partial charge on any atom is 0.257 e. The van der Waals surface area contributed by atoms with Crippen molar-refractivity contribution in [1.29, 1.82) is 0 Å². The van der Waals surface area contributed by atoms with E-state index in [9.17, 15) is 4.79 Å². The third kappa shape index (κ3) is 3.60. The van der Waals surface area contributed by atoms with E-state index >= 15 is 0 Å². The third-order valence-electron chi connectivity index (χ3n) is 3.70. The van der Waals surface area contributed by atoms with Crippen molar-refractivity contribution in [2.45, 2.75) is 6.54 Å². The topological polar surface area (TPSA) is 38.1 Å². The van der Waals surface area contributed by atoms with Crippen molar-refractivity contribution < 1.29 is 4.79 Å². The van der Waals surface area contributed by atoms with E-state index in [1.807, 2.05) is 60.7 Å². The third-order valence-corrected chi connectivity index (χ3v) is 3.70. The van der Waals surface area contributed by atoms with Gasteiger partial charge in [-0.3, -0.25) is 4.79 Å². The van der Waals surface area contributed by atoms with Crippen LogP contribution in [0.1, 0.15) is 15.9 Å². The lowest BCUT2D eigenvalue weighted by atomic mass is 10.2. The van der Waals surface area contributed by atoms with E-state index in [1.165, 1.54) is 0 Å². The molecule has 0 fully saturated rings. The molecular formula is C20H19N3O. The molecule has 1 heterocycles. The van der Waals surface area contributed by atoms with Crippen molar-refractivity contribution in [1.82, 2.24) is 14.7 Å². The van der Waals surface area contributed by atoms with Gasteiger partial charge in [-0.1, -0.05) is 54.6 Å². The highest BCUT2D eigenvalue weighted by atomic mass is 16.2. The molecule has 0 atom stereocenters. The van der Waals surface area contributed by atoms with Gasteiger partial charge in [-0.2, -0.15) is 5.10 Å². The summed E-state index contributed by atoms with van der Waals surface area (Å²) < 4.78 is 1.71. The fourth-order valence-electron chi connectivity index (χ4n) is 2.52. The number of carbonyl (C=O) groups excluding carboxylic acids is 1. The number of nitrogens with zero attached hydrogens (tertiary/aromatic N) is 3. The zero-order valence-electron chi connectivity index (χ0n) is 13.4. The number of para-hydroxylation sites is 1. The van der Waals surface area contributed by atoms with Crippen LogP contribution < -0.4 is 0 Å². The Morgan fingerprint density at radius 2 is 1.75 bits per heavy atom. The van der Waals surface area contributed by atoms with Gasteiger partial charge < -0.3 is 4.90 Å². The van der Waals surface area contributed by atoms with Gasteiger partial charge in [0.2, 0.25) is 0 Å². The standard InChI is InChI=1S/C20H19N3O/c1-2-13-22(15-17-9-5-3-6-10-17)20(24)18-14-21-23(16-18)19-11-7-4-8-12-19/h2-12,14,16H,1,13,15H2. The van der Waals surface area contributed by atoms with E-state index in [-0.39, 0.29) is 5.91 Å². The van der Waals surface area contributed by atoms with Crippen LogP contribution in [0.5, 0.6) is 0 Å². The molecule has 1 amide bonds. The minimum absolute atomic E-state index is 0.0547. The van der Waals surface area contributed by atoms with Crippen LogP contribution in [-0.4, -0.2) is 27.1 Å². The van der Waals surface area contributed by atoms with Crippen LogP contribution in [0, 0.1) is 0 Å². The van der Waals surface area contributed by atoms with Crippen LogP contribution in [-0.2, 0) is 6.54 Å². The summed E-state index contributed by atoms with van der Waals surface area (Å²) in [5.74, 6) is -0.0547. The number of benzene rings is 2. The van der Waals surface area contributed by atoms with Crippen LogP contribution in [0.2, 0.25) is 0 Å². The Morgan fingerprint density at radius 3 is 2.42 bits per heavy atom. The molecule has 4 nitrogen and oxygen atoms in total. The van der Waals surface area contributed by atoms with Crippen molar-refractivity contribution in [2.24, 2.45) is 0 Å². The van der Waals surface area contributed by atoms with Crippen molar-refractivity contribution in [2.75, 3.05) is 6.54 Å². The highest BCUT2D eigenvalue weighted by Gasteiger charge is 2.17. The summed E-state index contributed by atoms with van der Waals surface area (Å²) in [7, 11) is 0. The molecule has 0 spiro atoms. The van der Waals surface area contributed by atoms with Crippen molar-refractivity contribution >= 4 is 5.91 Å². The number of carbonyl (C=O) groups is 1. The Balaban J connectivity index is 1.80. The van der Waals surface area contributed by atoms with Crippen molar-refractivity contribution in [3.63, 3.8) is 0 Å². The lowest BCUT2D eigenvalue weighted by Gasteiger charge is -2.20. The molecule has 0 radical (unpaired) electrons. The van der Waals surface area contributed by atoms with Gasteiger partial charge in [-0.15, -0.1) is 6.58 Å².